The van der Waals surface area contributed by atoms with E-state index in [0.29, 0.717) is 0 Å². The average molecular weight is 243 g/mol. The van der Waals surface area contributed by atoms with Crippen LogP contribution in [0.1, 0.15) is 6.42 Å². The molecule has 90 valence electrons. The number of hydrogen-bond acceptors (Lipinski definition) is 5. The van der Waals surface area contributed by atoms with Gasteiger partial charge in [-0.25, -0.2) is 0 Å². The Morgan fingerprint density at radius 2 is 2.50 bits per heavy atom. The summed E-state index contributed by atoms with van der Waals surface area (Å²) in [5.74, 6) is 0.640. The SMILES string of the molecule is CNC(CCSc1cnn(C)c1)C(=O)OC. The number of rotatable bonds is 6. The zero-order chi connectivity index (χ0) is 12.0. The van der Waals surface area contributed by atoms with Gasteiger partial charge in [0.2, 0.25) is 0 Å². The minimum absolute atomic E-state index is 0.214. The number of aromatic nitrogens is 2. The molecule has 0 aliphatic heterocycles. The average Bonchev–Trinajstić information content (AvgIpc) is 2.69. The Bertz CT molecular complexity index is 341. The number of nitrogens with one attached hydrogen (secondary N) is 1. The van der Waals surface area contributed by atoms with Crippen LogP contribution in [0.15, 0.2) is 17.3 Å². The molecular weight excluding hydrogens is 226 g/mol. The minimum atomic E-state index is -0.228. The molecule has 0 fully saturated rings. The number of ether oxygens (including phenoxy) is 1. The molecule has 0 saturated heterocycles. The van der Waals surface area contributed by atoms with Crippen LogP contribution in [-0.4, -0.2) is 41.7 Å². The number of likely N-dealkylation sites (N-methyl/N-ethyl adjacent to an activating group) is 1. The van der Waals surface area contributed by atoms with Gasteiger partial charge in [0.15, 0.2) is 0 Å². The molecule has 1 heterocycles. The van der Waals surface area contributed by atoms with Crippen molar-refractivity contribution >= 4 is 17.7 Å². The first-order valence-corrected chi connectivity index (χ1v) is 6.02. The summed E-state index contributed by atoms with van der Waals surface area (Å²) in [7, 11) is 5.05. The highest BCUT2D eigenvalue weighted by Gasteiger charge is 2.16. The topological polar surface area (TPSA) is 56.2 Å². The fourth-order valence-electron chi connectivity index (χ4n) is 1.29. The number of carbonyl (C=O) groups excluding carboxylic acids is 1. The molecule has 5 nitrogen and oxygen atoms in total. The van der Waals surface area contributed by atoms with E-state index in [1.165, 1.54) is 7.11 Å². The van der Waals surface area contributed by atoms with Crippen LogP contribution in [0.5, 0.6) is 0 Å². The smallest absolute Gasteiger partial charge is 0.322 e. The summed E-state index contributed by atoms with van der Waals surface area (Å²) in [6.07, 6.45) is 4.51. The van der Waals surface area contributed by atoms with E-state index in [9.17, 15) is 4.79 Å². The van der Waals surface area contributed by atoms with Gasteiger partial charge in [0.1, 0.15) is 6.04 Å². The molecule has 0 aliphatic carbocycles. The quantitative estimate of drug-likeness (QED) is 0.587. The van der Waals surface area contributed by atoms with E-state index in [-0.39, 0.29) is 12.0 Å². The number of esters is 1. The van der Waals surface area contributed by atoms with Crippen molar-refractivity contribution in [1.29, 1.82) is 0 Å². The van der Waals surface area contributed by atoms with Gasteiger partial charge in [-0.05, 0) is 13.5 Å². The molecule has 0 aromatic carbocycles. The van der Waals surface area contributed by atoms with Crippen molar-refractivity contribution in [2.24, 2.45) is 7.05 Å². The van der Waals surface area contributed by atoms with Gasteiger partial charge in [-0.2, -0.15) is 5.10 Å². The van der Waals surface area contributed by atoms with E-state index in [1.54, 1.807) is 23.5 Å². The Hall–Kier alpha value is -1.01. The molecule has 1 atom stereocenters. The van der Waals surface area contributed by atoms with Crippen LogP contribution in [0.3, 0.4) is 0 Å². The van der Waals surface area contributed by atoms with Gasteiger partial charge >= 0.3 is 5.97 Å². The molecule has 0 radical (unpaired) electrons. The van der Waals surface area contributed by atoms with Crippen LogP contribution in [0.4, 0.5) is 0 Å². The maximum atomic E-state index is 11.3. The Morgan fingerprint density at radius 1 is 1.75 bits per heavy atom. The second kappa shape index (κ2) is 6.55. The van der Waals surface area contributed by atoms with Crippen molar-refractivity contribution in [3.05, 3.63) is 12.4 Å². The molecular formula is C10H17N3O2S. The van der Waals surface area contributed by atoms with Gasteiger partial charge < -0.3 is 10.1 Å². The third-order valence-corrected chi connectivity index (χ3v) is 3.17. The fourth-order valence-corrected chi connectivity index (χ4v) is 2.23. The highest BCUT2D eigenvalue weighted by Crippen LogP contribution is 2.17. The lowest BCUT2D eigenvalue weighted by Gasteiger charge is -2.12. The summed E-state index contributed by atoms with van der Waals surface area (Å²) in [6, 6.07) is -0.228. The third kappa shape index (κ3) is 3.86. The zero-order valence-corrected chi connectivity index (χ0v) is 10.6. The molecule has 0 bridgehead atoms. The van der Waals surface area contributed by atoms with E-state index in [2.05, 4.69) is 15.2 Å². The molecule has 0 amide bonds. The van der Waals surface area contributed by atoms with Crippen molar-refractivity contribution < 1.29 is 9.53 Å². The fraction of sp³-hybridized carbons (Fsp3) is 0.600. The predicted molar refractivity (Wildman–Crippen MR) is 63.4 cm³/mol. The molecule has 16 heavy (non-hydrogen) atoms. The van der Waals surface area contributed by atoms with Gasteiger partial charge in [-0.1, -0.05) is 0 Å². The highest BCUT2D eigenvalue weighted by molar-refractivity contribution is 7.99. The Morgan fingerprint density at radius 3 is 3.00 bits per heavy atom. The van der Waals surface area contributed by atoms with Gasteiger partial charge in [-0.3, -0.25) is 9.48 Å². The summed E-state index contributed by atoms with van der Waals surface area (Å²) < 4.78 is 6.45. The second-order valence-corrected chi connectivity index (χ2v) is 4.52. The first-order valence-electron chi connectivity index (χ1n) is 5.04. The van der Waals surface area contributed by atoms with Gasteiger partial charge in [0.25, 0.3) is 0 Å². The van der Waals surface area contributed by atoms with Crippen molar-refractivity contribution in [2.75, 3.05) is 19.9 Å². The highest BCUT2D eigenvalue weighted by atomic mass is 32.2. The van der Waals surface area contributed by atoms with Crippen LogP contribution in [0.2, 0.25) is 0 Å². The molecule has 1 N–H and O–H groups in total. The van der Waals surface area contributed by atoms with Gasteiger partial charge in [0.05, 0.1) is 13.3 Å². The van der Waals surface area contributed by atoms with Crippen molar-refractivity contribution in [1.82, 2.24) is 15.1 Å². The second-order valence-electron chi connectivity index (χ2n) is 3.35. The van der Waals surface area contributed by atoms with Gasteiger partial charge in [0, 0.05) is 23.9 Å². The van der Waals surface area contributed by atoms with Crippen LogP contribution >= 0.6 is 11.8 Å². The lowest BCUT2D eigenvalue weighted by atomic mass is 10.2. The van der Waals surface area contributed by atoms with Crippen LogP contribution in [0, 0.1) is 0 Å². The molecule has 0 saturated carbocycles. The first-order chi connectivity index (χ1) is 7.67. The van der Waals surface area contributed by atoms with Crippen LogP contribution in [-0.2, 0) is 16.6 Å². The molecule has 1 rings (SSSR count). The van der Waals surface area contributed by atoms with E-state index in [4.69, 9.17) is 0 Å². The number of aryl methyl sites for hydroxylation is 1. The summed E-state index contributed by atoms with van der Waals surface area (Å²) in [5, 5.41) is 7.01. The Labute approximate surface area is 99.5 Å². The van der Waals surface area contributed by atoms with E-state index < -0.39 is 0 Å². The summed E-state index contributed by atoms with van der Waals surface area (Å²) in [4.78, 5) is 12.4. The molecule has 1 unspecified atom stereocenters. The number of thioether (sulfide) groups is 1. The monoisotopic (exact) mass is 243 g/mol. The number of nitrogens with zero attached hydrogens (tertiary/aromatic N) is 2. The van der Waals surface area contributed by atoms with Crippen molar-refractivity contribution in [2.45, 2.75) is 17.4 Å². The molecule has 0 spiro atoms. The normalized spacial score (nSPS) is 12.4. The standard InChI is InChI=1S/C10H17N3O2S/c1-11-9(10(14)15-3)4-5-16-8-6-12-13(2)7-8/h6-7,9,11H,4-5H2,1-3H3. The lowest BCUT2D eigenvalue weighted by Crippen LogP contribution is -2.35. The van der Waals surface area contributed by atoms with E-state index >= 15 is 0 Å². The third-order valence-electron chi connectivity index (χ3n) is 2.19. The van der Waals surface area contributed by atoms with Crippen molar-refractivity contribution in [3.8, 4) is 0 Å². The lowest BCUT2D eigenvalue weighted by molar-refractivity contribution is -0.143. The summed E-state index contributed by atoms with van der Waals surface area (Å²) >= 11 is 1.68. The van der Waals surface area contributed by atoms with Crippen molar-refractivity contribution in [3.63, 3.8) is 0 Å². The largest absolute Gasteiger partial charge is 0.468 e. The van der Waals surface area contributed by atoms with Gasteiger partial charge in [-0.15, -0.1) is 11.8 Å². The summed E-state index contributed by atoms with van der Waals surface area (Å²) in [6.45, 7) is 0. The molecule has 1 aromatic rings. The maximum absolute atomic E-state index is 11.3. The van der Waals surface area contributed by atoms with E-state index in [1.807, 2.05) is 19.4 Å². The number of hydrogen-bond donors (Lipinski definition) is 1. The van der Waals surface area contributed by atoms with E-state index in [0.717, 1.165) is 17.1 Å². The first kappa shape index (κ1) is 13.1. The molecule has 6 heteroatoms. The minimum Gasteiger partial charge on any atom is -0.468 e. The number of carbonyl (C=O) groups is 1. The van der Waals surface area contributed by atoms with Crippen LogP contribution in [0.25, 0.3) is 0 Å². The summed E-state index contributed by atoms with van der Waals surface area (Å²) in [5.41, 5.74) is 0. The Kier molecular flexibility index (Phi) is 5.34. The molecule has 0 aliphatic rings. The Balaban J connectivity index is 2.31. The number of methoxy groups -OCH3 is 1. The van der Waals surface area contributed by atoms with Crippen LogP contribution < -0.4 is 5.32 Å². The maximum Gasteiger partial charge on any atom is 0.322 e. The molecule has 1 aromatic heterocycles. The zero-order valence-electron chi connectivity index (χ0n) is 9.77. The predicted octanol–water partition coefficient (Wildman–Crippen LogP) is 0.663.